The van der Waals surface area contributed by atoms with Crippen molar-refractivity contribution in [3.05, 3.63) is 11.6 Å². The fourth-order valence-corrected chi connectivity index (χ4v) is 16.9. The van der Waals surface area contributed by atoms with E-state index in [4.69, 9.17) is 22.2 Å². The van der Waals surface area contributed by atoms with Crippen molar-refractivity contribution in [1.29, 1.82) is 0 Å². The molecular weight excluding hydrogens is 453 g/mol. The minimum atomic E-state index is -3.45. The zero-order chi connectivity index (χ0) is 24.1. The van der Waals surface area contributed by atoms with E-state index in [-0.39, 0.29) is 11.5 Å². The SMILES string of the molecule is CCC(OC(=O)C(=CC(=O)O)C(C)C)[Si](O[Si](C)(C)C)(O[Si](C)(C)C)O[Si](C)(C)C. The van der Waals surface area contributed by atoms with Crippen molar-refractivity contribution in [2.24, 2.45) is 5.92 Å². The average molecular weight is 495 g/mol. The van der Waals surface area contributed by atoms with E-state index in [1.807, 2.05) is 6.92 Å². The number of aliphatic carboxylic acids is 1. The summed E-state index contributed by atoms with van der Waals surface area (Å²) in [7, 11) is -9.87. The van der Waals surface area contributed by atoms with Gasteiger partial charge in [0.2, 0.25) is 0 Å². The summed E-state index contributed by atoms with van der Waals surface area (Å²) in [6, 6.07) is 0. The van der Waals surface area contributed by atoms with Crippen LogP contribution in [-0.2, 0) is 26.7 Å². The molecule has 0 amide bonds. The molecule has 0 aromatic carbocycles. The van der Waals surface area contributed by atoms with Gasteiger partial charge in [0.05, 0.1) is 0 Å². The van der Waals surface area contributed by atoms with Gasteiger partial charge in [-0.2, -0.15) is 0 Å². The first-order chi connectivity index (χ1) is 13.2. The number of carbonyl (C=O) groups is 2. The van der Waals surface area contributed by atoms with Crippen molar-refractivity contribution in [2.75, 3.05) is 0 Å². The van der Waals surface area contributed by atoms with E-state index in [2.05, 4.69) is 58.9 Å². The highest BCUT2D eigenvalue weighted by Crippen LogP contribution is 2.32. The molecule has 0 aliphatic carbocycles. The molecule has 0 bridgehead atoms. The molecule has 0 fully saturated rings. The Morgan fingerprint density at radius 3 is 1.43 bits per heavy atom. The van der Waals surface area contributed by atoms with Gasteiger partial charge in [-0.25, -0.2) is 9.59 Å². The second-order valence-corrected chi connectivity index (χ2v) is 27.6. The number of esters is 1. The topological polar surface area (TPSA) is 91.3 Å². The van der Waals surface area contributed by atoms with E-state index in [0.29, 0.717) is 6.42 Å². The van der Waals surface area contributed by atoms with Gasteiger partial charge in [-0.3, -0.25) is 0 Å². The Hall–Kier alpha value is -0.572. The third-order valence-electron chi connectivity index (χ3n) is 3.50. The quantitative estimate of drug-likeness (QED) is 0.232. The summed E-state index contributed by atoms with van der Waals surface area (Å²) in [6.07, 6.45) is 1.37. The zero-order valence-corrected chi connectivity index (χ0v) is 24.8. The number of carbonyl (C=O) groups excluding carboxylic acids is 1. The normalized spacial score (nSPS) is 15.3. The molecule has 0 spiro atoms. The number of rotatable bonds is 12. The molecule has 0 aromatic heterocycles. The standard InChI is InChI=1S/C19H42O7Si4/c1-13-18(23-19(22)16(15(2)3)14-17(20)21)30(24-27(4,5)6,25-28(7,8)9)26-29(10,11)12/h14-15,18H,13H2,1-12H3,(H,20,21). The van der Waals surface area contributed by atoms with Gasteiger partial charge in [0.25, 0.3) is 0 Å². The predicted octanol–water partition coefficient (Wildman–Crippen LogP) is 5.01. The monoisotopic (exact) mass is 494 g/mol. The van der Waals surface area contributed by atoms with Crippen LogP contribution in [-0.4, -0.2) is 56.5 Å². The molecular formula is C19H42O7Si4. The van der Waals surface area contributed by atoms with E-state index in [9.17, 15) is 9.59 Å². The van der Waals surface area contributed by atoms with Crippen LogP contribution in [0.2, 0.25) is 58.9 Å². The van der Waals surface area contributed by atoms with Crippen molar-refractivity contribution in [2.45, 2.75) is 91.8 Å². The average Bonchev–Trinajstić information content (AvgIpc) is 2.43. The molecule has 7 nitrogen and oxygen atoms in total. The molecule has 1 unspecified atom stereocenters. The van der Waals surface area contributed by atoms with E-state index >= 15 is 0 Å². The van der Waals surface area contributed by atoms with Crippen LogP contribution in [0.1, 0.15) is 27.2 Å². The summed E-state index contributed by atoms with van der Waals surface area (Å²) in [5.41, 5.74) is -0.594. The Balaban J connectivity index is 6.41. The summed E-state index contributed by atoms with van der Waals surface area (Å²) in [5, 5.41) is 9.16. The van der Waals surface area contributed by atoms with Gasteiger partial charge in [0.15, 0.2) is 30.7 Å². The van der Waals surface area contributed by atoms with E-state index in [1.165, 1.54) is 0 Å². The lowest BCUT2D eigenvalue weighted by Gasteiger charge is -2.45. The fourth-order valence-electron chi connectivity index (χ4n) is 2.74. The molecule has 0 saturated carbocycles. The smallest absolute Gasteiger partial charge is 0.478 e. The minimum absolute atomic E-state index is 0.109. The number of hydrogen-bond acceptors (Lipinski definition) is 6. The van der Waals surface area contributed by atoms with Crippen LogP contribution < -0.4 is 0 Å². The highest BCUT2D eigenvalue weighted by atomic mass is 28.5. The molecule has 1 N–H and O–H groups in total. The Bertz CT molecular complexity index is 587. The molecule has 0 aliphatic rings. The van der Waals surface area contributed by atoms with Gasteiger partial charge < -0.3 is 22.2 Å². The van der Waals surface area contributed by atoms with Crippen LogP contribution in [0.4, 0.5) is 0 Å². The predicted molar refractivity (Wildman–Crippen MR) is 130 cm³/mol. The Morgan fingerprint density at radius 2 is 1.20 bits per heavy atom. The highest BCUT2D eigenvalue weighted by molar-refractivity contribution is 6.90. The molecule has 0 saturated heterocycles. The van der Waals surface area contributed by atoms with Gasteiger partial charge in [0.1, 0.15) is 0 Å². The van der Waals surface area contributed by atoms with E-state index in [1.54, 1.807) is 13.8 Å². The minimum Gasteiger partial charge on any atom is -0.478 e. The number of ether oxygens (including phenoxy) is 1. The number of hydrogen-bond donors (Lipinski definition) is 1. The summed E-state index contributed by atoms with van der Waals surface area (Å²) >= 11 is 0. The van der Waals surface area contributed by atoms with Crippen LogP contribution in [0.15, 0.2) is 11.6 Å². The molecule has 176 valence electrons. The van der Waals surface area contributed by atoms with E-state index in [0.717, 1.165) is 6.08 Å². The summed E-state index contributed by atoms with van der Waals surface area (Å²) in [5.74, 6) is -2.13. The number of carboxylic acids is 1. The van der Waals surface area contributed by atoms with Crippen molar-refractivity contribution < 1.29 is 31.8 Å². The summed E-state index contributed by atoms with van der Waals surface area (Å²) in [6.45, 7) is 24.0. The second kappa shape index (κ2) is 10.8. The van der Waals surface area contributed by atoms with Gasteiger partial charge in [-0.05, 0) is 71.3 Å². The second-order valence-electron chi connectivity index (χ2n) is 10.6. The van der Waals surface area contributed by atoms with Crippen LogP contribution in [0.25, 0.3) is 0 Å². The molecule has 0 aliphatic heterocycles. The molecule has 0 rings (SSSR count). The van der Waals surface area contributed by atoms with E-state index < -0.39 is 51.4 Å². The Labute approximate surface area is 186 Å². The molecule has 0 radical (unpaired) electrons. The van der Waals surface area contributed by atoms with Crippen LogP contribution in [0.3, 0.4) is 0 Å². The molecule has 0 aromatic rings. The molecule has 1 atom stereocenters. The lowest BCUT2D eigenvalue weighted by Crippen LogP contribution is -2.67. The molecule has 0 heterocycles. The first-order valence-corrected chi connectivity index (χ1v) is 22.5. The van der Waals surface area contributed by atoms with Gasteiger partial charge in [-0.1, -0.05) is 20.8 Å². The maximum Gasteiger partial charge on any atom is 0.512 e. The highest BCUT2D eigenvalue weighted by Gasteiger charge is 2.57. The Kier molecular flexibility index (Phi) is 10.6. The van der Waals surface area contributed by atoms with Crippen LogP contribution in [0, 0.1) is 5.92 Å². The first kappa shape index (κ1) is 29.4. The molecule has 30 heavy (non-hydrogen) atoms. The fraction of sp³-hybridized carbons (Fsp3) is 0.789. The van der Waals surface area contributed by atoms with Crippen molar-refractivity contribution in [1.82, 2.24) is 0 Å². The van der Waals surface area contributed by atoms with Crippen molar-refractivity contribution in [3.8, 4) is 0 Å². The number of carboxylic acid groups (broad SMARTS) is 1. The van der Waals surface area contributed by atoms with Gasteiger partial charge in [0, 0.05) is 11.6 Å². The lowest BCUT2D eigenvalue weighted by atomic mass is 10.0. The summed E-state index contributed by atoms with van der Waals surface area (Å²) < 4.78 is 25.8. The maximum absolute atomic E-state index is 13.0. The van der Waals surface area contributed by atoms with Gasteiger partial charge in [-0.15, -0.1) is 0 Å². The third kappa shape index (κ3) is 11.2. The largest absolute Gasteiger partial charge is 0.512 e. The Morgan fingerprint density at radius 1 is 0.833 bits per heavy atom. The lowest BCUT2D eigenvalue weighted by molar-refractivity contribution is -0.144. The third-order valence-corrected chi connectivity index (χ3v) is 15.6. The van der Waals surface area contributed by atoms with Crippen molar-refractivity contribution in [3.63, 3.8) is 0 Å². The zero-order valence-electron chi connectivity index (χ0n) is 20.8. The van der Waals surface area contributed by atoms with Crippen LogP contribution in [0.5, 0.6) is 0 Å². The maximum atomic E-state index is 13.0. The van der Waals surface area contributed by atoms with Crippen molar-refractivity contribution >= 4 is 45.7 Å². The molecule has 11 heteroatoms. The van der Waals surface area contributed by atoms with Crippen LogP contribution >= 0.6 is 0 Å². The first-order valence-electron chi connectivity index (χ1n) is 10.5. The summed E-state index contributed by atoms with van der Waals surface area (Å²) in [4.78, 5) is 24.2. The van der Waals surface area contributed by atoms with Gasteiger partial charge >= 0.3 is 20.7 Å².